The maximum Gasteiger partial charge on any atom is 0.278 e. The molecule has 122 valence electrons. The second-order valence-electron chi connectivity index (χ2n) is 6.39. The molecule has 0 radical (unpaired) electrons. The first-order valence-corrected chi connectivity index (χ1v) is 9.53. The van der Waals surface area contributed by atoms with E-state index < -0.39 is 0 Å². The molecule has 1 saturated heterocycles. The molecule has 22 heavy (non-hydrogen) atoms. The fourth-order valence-corrected chi connectivity index (χ4v) is 4.13. The number of carbonyl (C=O) groups is 1. The SMILES string of the molecule is O=C1CCCCN1CSc1nnc(CCC2CCCCC2)o1. The van der Waals surface area contributed by atoms with Gasteiger partial charge >= 0.3 is 0 Å². The van der Waals surface area contributed by atoms with Crippen LogP contribution in [0.4, 0.5) is 0 Å². The molecule has 1 saturated carbocycles. The summed E-state index contributed by atoms with van der Waals surface area (Å²) in [7, 11) is 0. The van der Waals surface area contributed by atoms with Crippen molar-refractivity contribution < 1.29 is 9.21 Å². The molecule has 0 N–H and O–H groups in total. The minimum Gasteiger partial charge on any atom is -0.416 e. The van der Waals surface area contributed by atoms with Gasteiger partial charge in [0.15, 0.2) is 0 Å². The number of aromatic nitrogens is 2. The van der Waals surface area contributed by atoms with Gasteiger partial charge in [-0.3, -0.25) is 4.79 Å². The van der Waals surface area contributed by atoms with Crippen molar-refractivity contribution in [3.8, 4) is 0 Å². The van der Waals surface area contributed by atoms with Crippen LogP contribution < -0.4 is 0 Å². The third-order valence-electron chi connectivity index (χ3n) is 4.70. The van der Waals surface area contributed by atoms with E-state index in [1.54, 1.807) is 0 Å². The molecule has 1 aromatic heterocycles. The molecule has 0 atom stereocenters. The number of thioether (sulfide) groups is 1. The van der Waals surface area contributed by atoms with Gasteiger partial charge in [0, 0.05) is 19.4 Å². The molecule has 2 aliphatic rings. The van der Waals surface area contributed by atoms with Gasteiger partial charge in [0.2, 0.25) is 11.8 Å². The topological polar surface area (TPSA) is 59.2 Å². The van der Waals surface area contributed by atoms with Crippen LogP contribution in [0.25, 0.3) is 0 Å². The normalized spacial score (nSPS) is 20.5. The van der Waals surface area contributed by atoms with Gasteiger partial charge < -0.3 is 9.32 Å². The Hall–Kier alpha value is -1.04. The van der Waals surface area contributed by atoms with Gasteiger partial charge in [0.25, 0.3) is 5.22 Å². The first-order valence-electron chi connectivity index (χ1n) is 8.54. The number of piperidine rings is 1. The first kappa shape index (κ1) is 15.8. The van der Waals surface area contributed by atoms with Crippen LogP contribution in [0.1, 0.15) is 63.7 Å². The highest BCUT2D eigenvalue weighted by Gasteiger charge is 2.19. The summed E-state index contributed by atoms with van der Waals surface area (Å²) in [6.07, 6.45) is 11.7. The van der Waals surface area contributed by atoms with Crippen molar-refractivity contribution >= 4 is 17.7 Å². The van der Waals surface area contributed by atoms with E-state index in [2.05, 4.69) is 10.2 Å². The van der Waals surface area contributed by atoms with Crippen molar-refractivity contribution in [2.24, 2.45) is 5.92 Å². The molecule has 6 heteroatoms. The fourth-order valence-electron chi connectivity index (χ4n) is 3.33. The van der Waals surface area contributed by atoms with Crippen molar-refractivity contribution in [2.75, 3.05) is 12.4 Å². The predicted molar refractivity (Wildman–Crippen MR) is 85.5 cm³/mol. The first-order chi connectivity index (χ1) is 10.8. The molecule has 2 heterocycles. The predicted octanol–water partition coefficient (Wildman–Crippen LogP) is 3.64. The van der Waals surface area contributed by atoms with Gasteiger partial charge in [-0.15, -0.1) is 10.2 Å². The Morgan fingerprint density at radius 2 is 2.00 bits per heavy atom. The van der Waals surface area contributed by atoms with Crippen molar-refractivity contribution in [3.05, 3.63) is 5.89 Å². The molecule has 0 unspecified atom stereocenters. The quantitative estimate of drug-likeness (QED) is 0.748. The van der Waals surface area contributed by atoms with Gasteiger partial charge in [-0.05, 0) is 36.9 Å². The van der Waals surface area contributed by atoms with Gasteiger partial charge in [-0.25, -0.2) is 0 Å². The third kappa shape index (κ3) is 4.48. The molecule has 1 aliphatic carbocycles. The lowest BCUT2D eigenvalue weighted by atomic mass is 9.86. The summed E-state index contributed by atoms with van der Waals surface area (Å²) in [5.41, 5.74) is 0. The minimum absolute atomic E-state index is 0.246. The van der Waals surface area contributed by atoms with Gasteiger partial charge in [0.05, 0.1) is 5.88 Å². The number of carbonyl (C=O) groups excluding carboxylic acids is 1. The number of hydrogen-bond donors (Lipinski definition) is 0. The number of aryl methyl sites for hydroxylation is 1. The molecular weight excluding hydrogens is 298 g/mol. The Balaban J connectivity index is 1.41. The Kier molecular flexibility index (Phi) is 5.76. The molecule has 0 bridgehead atoms. The third-order valence-corrected chi connectivity index (χ3v) is 5.56. The standard InChI is InChI=1S/C16H25N3O2S/c20-15-8-4-5-11-19(15)12-22-16-18-17-14(21-16)10-9-13-6-2-1-3-7-13/h13H,1-12H2. The second-order valence-corrected chi connectivity index (χ2v) is 7.29. The van der Waals surface area contributed by atoms with Gasteiger partial charge in [0.1, 0.15) is 0 Å². The lowest BCUT2D eigenvalue weighted by Gasteiger charge is -2.25. The van der Waals surface area contributed by atoms with Crippen LogP contribution >= 0.6 is 11.8 Å². The Morgan fingerprint density at radius 1 is 1.14 bits per heavy atom. The van der Waals surface area contributed by atoms with Gasteiger partial charge in [-0.2, -0.15) is 0 Å². The number of amides is 1. The number of likely N-dealkylation sites (tertiary alicyclic amines) is 1. The average molecular weight is 323 g/mol. The summed E-state index contributed by atoms with van der Waals surface area (Å²) < 4.78 is 5.70. The lowest BCUT2D eigenvalue weighted by molar-refractivity contribution is -0.132. The van der Waals surface area contributed by atoms with E-state index in [-0.39, 0.29) is 5.91 Å². The lowest BCUT2D eigenvalue weighted by Crippen LogP contribution is -2.34. The molecule has 0 spiro atoms. The minimum atomic E-state index is 0.246. The summed E-state index contributed by atoms with van der Waals surface area (Å²) in [6.45, 7) is 0.856. The van der Waals surface area contributed by atoms with Gasteiger partial charge in [-0.1, -0.05) is 32.1 Å². The van der Waals surface area contributed by atoms with Crippen molar-refractivity contribution in [2.45, 2.75) is 69.4 Å². The van der Waals surface area contributed by atoms with E-state index in [0.717, 1.165) is 44.0 Å². The summed E-state index contributed by atoms with van der Waals surface area (Å²) in [6, 6.07) is 0. The maximum atomic E-state index is 11.7. The van der Waals surface area contributed by atoms with Crippen LogP contribution in [0.3, 0.4) is 0 Å². The second kappa shape index (κ2) is 7.99. The molecule has 0 aromatic carbocycles. The van der Waals surface area contributed by atoms with E-state index in [4.69, 9.17) is 4.42 Å². The smallest absolute Gasteiger partial charge is 0.278 e. The van der Waals surface area contributed by atoms with E-state index in [1.165, 1.54) is 43.9 Å². The largest absolute Gasteiger partial charge is 0.416 e. The Bertz CT molecular complexity index is 485. The average Bonchev–Trinajstić information content (AvgIpc) is 3.01. The zero-order chi connectivity index (χ0) is 15.2. The molecule has 1 amide bonds. The number of nitrogens with zero attached hydrogens (tertiary/aromatic N) is 3. The molecule has 2 fully saturated rings. The summed E-state index contributed by atoms with van der Waals surface area (Å²) in [4.78, 5) is 13.6. The van der Waals surface area contributed by atoms with Crippen molar-refractivity contribution in [1.82, 2.24) is 15.1 Å². The number of rotatable bonds is 6. The monoisotopic (exact) mass is 323 g/mol. The highest BCUT2D eigenvalue weighted by atomic mass is 32.2. The molecule has 1 aliphatic heterocycles. The number of hydrogen-bond acceptors (Lipinski definition) is 5. The van der Waals surface area contributed by atoms with Crippen molar-refractivity contribution in [1.29, 1.82) is 0 Å². The van der Waals surface area contributed by atoms with Crippen LogP contribution in [0, 0.1) is 5.92 Å². The van der Waals surface area contributed by atoms with E-state index in [9.17, 15) is 4.79 Å². The molecule has 5 nitrogen and oxygen atoms in total. The Labute approximate surface area is 136 Å². The molecule has 1 aromatic rings. The van der Waals surface area contributed by atoms with Crippen LogP contribution in [-0.2, 0) is 11.2 Å². The zero-order valence-corrected chi connectivity index (χ0v) is 13.9. The highest BCUT2D eigenvalue weighted by Crippen LogP contribution is 2.28. The Morgan fingerprint density at radius 3 is 2.82 bits per heavy atom. The fraction of sp³-hybridized carbons (Fsp3) is 0.812. The highest BCUT2D eigenvalue weighted by molar-refractivity contribution is 7.99. The van der Waals surface area contributed by atoms with E-state index in [0.29, 0.717) is 17.5 Å². The van der Waals surface area contributed by atoms with E-state index in [1.807, 2.05) is 4.90 Å². The maximum absolute atomic E-state index is 11.7. The zero-order valence-electron chi connectivity index (χ0n) is 13.1. The summed E-state index contributed by atoms with van der Waals surface area (Å²) in [5.74, 6) is 2.46. The van der Waals surface area contributed by atoms with Crippen LogP contribution in [0.15, 0.2) is 9.64 Å². The molecular formula is C16H25N3O2S. The van der Waals surface area contributed by atoms with Crippen LogP contribution in [0.2, 0.25) is 0 Å². The summed E-state index contributed by atoms with van der Waals surface area (Å²) in [5, 5.41) is 8.83. The van der Waals surface area contributed by atoms with Crippen LogP contribution in [0.5, 0.6) is 0 Å². The van der Waals surface area contributed by atoms with Crippen molar-refractivity contribution in [3.63, 3.8) is 0 Å². The van der Waals surface area contributed by atoms with E-state index >= 15 is 0 Å². The van der Waals surface area contributed by atoms with Crippen LogP contribution in [-0.4, -0.2) is 33.4 Å². The summed E-state index contributed by atoms with van der Waals surface area (Å²) >= 11 is 1.48. The molecule has 3 rings (SSSR count).